The van der Waals surface area contributed by atoms with Gasteiger partial charge in [-0.15, -0.1) is 0 Å². The van der Waals surface area contributed by atoms with E-state index in [-0.39, 0.29) is 12.4 Å². The number of aromatic amines is 1. The number of pyridine rings is 2. The fourth-order valence-corrected chi connectivity index (χ4v) is 3.65. The topological polar surface area (TPSA) is 105 Å². The molecule has 9 heteroatoms. The lowest BCUT2D eigenvalue weighted by Crippen LogP contribution is -2.20. The van der Waals surface area contributed by atoms with E-state index >= 15 is 0 Å². The molecule has 4 aromatic rings. The van der Waals surface area contributed by atoms with Gasteiger partial charge in [0.15, 0.2) is 22.8 Å². The first-order valence-electron chi connectivity index (χ1n) is 11.1. The van der Waals surface area contributed by atoms with E-state index in [1.807, 2.05) is 6.20 Å². The number of fused-ring (bicyclic) bond motifs is 1. The number of nitrogens with zero attached hydrogens (tertiary/aromatic N) is 4. The van der Waals surface area contributed by atoms with Crippen molar-refractivity contribution in [2.24, 2.45) is 5.92 Å². The molecule has 1 aliphatic rings. The lowest BCUT2D eigenvalue weighted by atomic mass is 10.2. The Kier molecular flexibility index (Phi) is 6.06. The maximum absolute atomic E-state index is 13.8. The van der Waals surface area contributed by atoms with E-state index in [1.165, 1.54) is 24.6 Å². The molecule has 1 fully saturated rings. The van der Waals surface area contributed by atoms with Gasteiger partial charge in [0.2, 0.25) is 0 Å². The minimum atomic E-state index is -0.354. The molecule has 4 heterocycles. The molecular formula is C23H26FN7O. The highest BCUT2D eigenvalue weighted by molar-refractivity contribution is 5.83. The molecule has 1 saturated carbocycles. The van der Waals surface area contributed by atoms with Gasteiger partial charge in [-0.25, -0.2) is 19.3 Å². The summed E-state index contributed by atoms with van der Waals surface area (Å²) in [5, 5.41) is 6.52. The molecule has 4 aromatic heterocycles. The van der Waals surface area contributed by atoms with Crippen molar-refractivity contribution in [2.45, 2.75) is 38.6 Å². The van der Waals surface area contributed by atoms with Gasteiger partial charge >= 0.3 is 0 Å². The average molecular weight is 436 g/mol. The van der Waals surface area contributed by atoms with Crippen LogP contribution in [0.15, 0.2) is 41.2 Å². The minimum absolute atomic E-state index is 0.220. The first kappa shape index (κ1) is 20.6. The first-order chi connectivity index (χ1) is 15.7. The predicted octanol–water partition coefficient (Wildman–Crippen LogP) is 3.42. The highest BCUT2D eigenvalue weighted by Crippen LogP contribution is 2.32. The number of hydrogen-bond acceptors (Lipinski definition) is 7. The largest absolute Gasteiger partial charge is 0.440 e. The van der Waals surface area contributed by atoms with Gasteiger partial charge in [0.25, 0.3) is 0 Å². The summed E-state index contributed by atoms with van der Waals surface area (Å²) in [5.41, 5.74) is 2.86. The second kappa shape index (κ2) is 9.44. The van der Waals surface area contributed by atoms with Crippen LogP contribution in [0.2, 0.25) is 0 Å². The summed E-state index contributed by atoms with van der Waals surface area (Å²) >= 11 is 0. The number of oxazole rings is 1. The molecule has 166 valence electrons. The van der Waals surface area contributed by atoms with Crippen molar-refractivity contribution in [3.8, 4) is 0 Å². The van der Waals surface area contributed by atoms with Crippen LogP contribution >= 0.6 is 0 Å². The third-order valence-corrected chi connectivity index (χ3v) is 5.55. The molecule has 0 spiro atoms. The van der Waals surface area contributed by atoms with E-state index in [4.69, 9.17) is 4.42 Å². The van der Waals surface area contributed by atoms with Gasteiger partial charge in [0.05, 0.1) is 12.2 Å². The lowest BCUT2D eigenvalue weighted by molar-refractivity contribution is 0.514. The number of anilines is 1. The Hall–Kier alpha value is -3.33. The zero-order valence-corrected chi connectivity index (χ0v) is 17.8. The molecule has 0 aliphatic heterocycles. The molecule has 1 aliphatic carbocycles. The standard InChI is InChI=1S/C23H26FN7O/c24-17-2-1-8-26-18(17)14-29-23-22-19(5-11-27-23)32-21(31-22)7-10-25-9-6-20-28-13-16(30-20)12-15-3-4-15/h1-2,5,8,11,13,15,25H,3-4,6-7,9-10,12,14H2,(H,27,29)(H,28,30). The summed E-state index contributed by atoms with van der Waals surface area (Å²) in [6.07, 6.45) is 10.5. The Morgan fingerprint density at radius 2 is 2.00 bits per heavy atom. The summed E-state index contributed by atoms with van der Waals surface area (Å²) in [6, 6.07) is 4.73. The van der Waals surface area contributed by atoms with Crippen molar-refractivity contribution in [3.05, 3.63) is 65.7 Å². The molecule has 5 rings (SSSR count). The van der Waals surface area contributed by atoms with Gasteiger partial charge in [-0.1, -0.05) is 0 Å². The SMILES string of the molecule is Fc1cccnc1CNc1nccc2oc(CCNCCc3ncc(CC4CC4)[nH]3)nc12. The van der Waals surface area contributed by atoms with Crippen molar-refractivity contribution >= 4 is 16.9 Å². The maximum Gasteiger partial charge on any atom is 0.196 e. The fraction of sp³-hybridized carbons (Fsp3) is 0.391. The van der Waals surface area contributed by atoms with E-state index in [2.05, 4.69) is 35.6 Å². The molecule has 0 aromatic carbocycles. The number of rotatable bonds is 11. The smallest absolute Gasteiger partial charge is 0.196 e. The first-order valence-corrected chi connectivity index (χ1v) is 11.1. The van der Waals surface area contributed by atoms with Crippen LogP contribution in [0.1, 0.15) is 35.9 Å². The van der Waals surface area contributed by atoms with Crippen LogP contribution in [0.4, 0.5) is 10.2 Å². The maximum atomic E-state index is 13.8. The average Bonchev–Trinajstić information content (AvgIpc) is 3.33. The quantitative estimate of drug-likeness (QED) is 0.310. The zero-order chi connectivity index (χ0) is 21.8. The molecule has 0 atom stereocenters. The molecule has 0 radical (unpaired) electrons. The summed E-state index contributed by atoms with van der Waals surface area (Å²) in [4.78, 5) is 20.8. The molecular weight excluding hydrogens is 409 g/mol. The number of aromatic nitrogens is 5. The van der Waals surface area contributed by atoms with Gasteiger partial charge in [0, 0.05) is 56.3 Å². The minimum Gasteiger partial charge on any atom is -0.440 e. The summed E-state index contributed by atoms with van der Waals surface area (Å²) in [6.45, 7) is 1.80. The molecule has 0 saturated heterocycles. The van der Waals surface area contributed by atoms with Crippen LogP contribution in [-0.2, 0) is 25.8 Å². The molecule has 8 nitrogen and oxygen atoms in total. The number of halogens is 1. The van der Waals surface area contributed by atoms with Gasteiger partial charge in [-0.05, 0) is 37.3 Å². The molecule has 0 unspecified atom stereocenters. The van der Waals surface area contributed by atoms with E-state index in [9.17, 15) is 4.39 Å². The van der Waals surface area contributed by atoms with Crippen LogP contribution in [0.3, 0.4) is 0 Å². The Morgan fingerprint density at radius 1 is 1.09 bits per heavy atom. The Bertz CT molecular complexity index is 1180. The van der Waals surface area contributed by atoms with Gasteiger partial charge < -0.3 is 20.0 Å². The van der Waals surface area contributed by atoms with Crippen molar-refractivity contribution in [1.29, 1.82) is 0 Å². The lowest BCUT2D eigenvalue weighted by Gasteiger charge is -2.05. The van der Waals surface area contributed by atoms with Crippen molar-refractivity contribution < 1.29 is 8.81 Å². The highest BCUT2D eigenvalue weighted by Gasteiger charge is 2.22. The van der Waals surface area contributed by atoms with Crippen molar-refractivity contribution in [2.75, 3.05) is 18.4 Å². The van der Waals surface area contributed by atoms with Crippen LogP contribution in [0.5, 0.6) is 0 Å². The summed E-state index contributed by atoms with van der Waals surface area (Å²) in [5.74, 6) is 2.72. The molecule has 3 N–H and O–H groups in total. The molecule has 0 bridgehead atoms. The van der Waals surface area contributed by atoms with E-state index < -0.39 is 0 Å². The predicted molar refractivity (Wildman–Crippen MR) is 119 cm³/mol. The number of hydrogen-bond donors (Lipinski definition) is 3. The second-order valence-corrected chi connectivity index (χ2v) is 8.15. The normalized spacial score (nSPS) is 13.7. The van der Waals surface area contributed by atoms with E-state index in [1.54, 1.807) is 24.5 Å². The van der Waals surface area contributed by atoms with Crippen molar-refractivity contribution in [3.63, 3.8) is 0 Å². The monoisotopic (exact) mass is 435 g/mol. The van der Waals surface area contributed by atoms with Gasteiger partial charge in [-0.3, -0.25) is 4.98 Å². The Balaban J connectivity index is 1.11. The van der Waals surface area contributed by atoms with E-state index in [0.717, 1.165) is 37.7 Å². The number of imidazole rings is 1. The van der Waals surface area contributed by atoms with Crippen LogP contribution in [0.25, 0.3) is 11.1 Å². The number of H-pyrrole nitrogens is 1. The number of nitrogens with one attached hydrogen (secondary N) is 3. The van der Waals surface area contributed by atoms with Crippen LogP contribution < -0.4 is 10.6 Å². The summed E-state index contributed by atoms with van der Waals surface area (Å²) < 4.78 is 19.7. The Labute approximate surface area is 185 Å². The van der Waals surface area contributed by atoms with E-state index in [0.29, 0.717) is 34.9 Å². The molecule has 0 amide bonds. The van der Waals surface area contributed by atoms with Gasteiger partial charge in [-0.2, -0.15) is 0 Å². The summed E-state index contributed by atoms with van der Waals surface area (Å²) in [7, 11) is 0. The fourth-order valence-electron chi connectivity index (χ4n) is 3.65. The molecule has 32 heavy (non-hydrogen) atoms. The zero-order valence-electron chi connectivity index (χ0n) is 17.8. The van der Waals surface area contributed by atoms with Crippen LogP contribution in [0, 0.1) is 11.7 Å². The van der Waals surface area contributed by atoms with Crippen molar-refractivity contribution in [1.82, 2.24) is 30.2 Å². The third kappa shape index (κ3) is 5.11. The second-order valence-electron chi connectivity index (χ2n) is 8.15. The van der Waals surface area contributed by atoms with Crippen LogP contribution in [-0.4, -0.2) is 38.0 Å². The highest BCUT2D eigenvalue weighted by atomic mass is 19.1. The Morgan fingerprint density at radius 3 is 2.88 bits per heavy atom. The van der Waals surface area contributed by atoms with Gasteiger partial charge in [0.1, 0.15) is 11.6 Å². The third-order valence-electron chi connectivity index (χ3n) is 5.55.